The highest BCUT2D eigenvalue weighted by Gasteiger charge is 2.08. The maximum atomic E-state index is 12.3. The highest BCUT2D eigenvalue weighted by molar-refractivity contribution is 7.98. The zero-order valence-electron chi connectivity index (χ0n) is 12.0. The van der Waals surface area contributed by atoms with Gasteiger partial charge in [0.25, 0.3) is 0 Å². The van der Waals surface area contributed by atoms with Crippen molar-refractivity contribution in [3.8, 4) is 0 Å². The summed E-state index contributed by atoms with van der Waals surface area (Å²) < 4.78 is 0. The van der Waals surface area contributed by atoms with Gasteiger partial charge < -0.3 is 0 Å². The number of pyridine rings is 1. The van der Waals surface area contributed by atoms with Gasteiger partial charge in [0.05, 0.1) is 0 Å². The second-order valence-electron chi connectivity index (χ2n) is 4.87. The van der Waals surface area contributed by atoms with Crippen LogP contribution in [0, 0.1) is 0 Å². The summed E-state index contributed by atoms with van der Waals surface area (Å²) in [6.45, 7) is 0. The van der Waals surface area contributed by atoms with Gasteiger partial charge in [-0.3, -0.25) is 9.78 Å². The van der Waals surface area contributed by atoms with E-state index in [1.54, 1.807) is 36.3 Å². The largest absolute Gasteiger partial charge is 0.289 e. The van der Waals surface area contributed by atoms with E-state index in [4.69, 9.17) is 0 Å². The van der Waals surface area contributed by atoms with Gasteiger partial charge in [0.2, 0.25) is 0 Å². The Bertz CT molecular complexity index is 739. The van der Waals surface area contributed by atoms with E-state index < -0.39 is 0 Å². The summed E-state index contributed by atoms with van der Waals surface area (Å²) >= 11 is 1.77. The zero-order chi connectivity index (χ0) is 15.2. The summed E-state index contributed by atoms with van der Waals surface area (Å²) in [7, 11) is 0. The topological polar surface area (TPSA) is 30.0 Å². The summed E-state index contributed by atoms with van der Waals surface area (Å²) in [5.41, 5.74) is 2.60. The maximum absolute atomic E-state index is 12.3. The third-order valence-corrected chi connectivity index (χ3v) is 4.37. The number of carbonyl (C=O) groups is 1. The molecule has 3 rings (SSSR count). The van der Waals surface area contributed by atoms with E-state index in [1.165, 1.54) is 5.56 Å². The SMILES string of the molecule is O=C(c1ccc(SCc2ccccc2)cc1)c1cccnc1. The molecule has 0 atom stereocenters. The molecule has 0 unspecified atom stereocenters. The minimum atomic E-state index is 0.00714. The average molecular weight is 305 g/mol. The van der Waals surface area contributed by atoms with Crippen LogP contribution in [0.1, 0.15) is 21.5 Å². The molecular formula is C19H15NOS. The van der Waals surface area contributed by atoms with E-state index in [0.717, 1.165) is 10.6 Å². The first-order chi connectivity index (χ1) is 10.8. The standard InChI is InChI=1S/C19H15NOS/c21-19(17-7-4-12-20-13-17)16-8-10-18(11-9-16)22-14-15-5-2-1-3-6-15/h1-13H,14H2. The fourth-order valence-electron chi connectivity index (χ4n) is 2.11. The first-order valence-electron chi connectivity index (χ1n) is 7.04. The quantitative estimate of drug-likeness (QED) is 0.509. The Kier molecular flexibility index (Phi) is 4.66. The van der Waals surface area contributed by atoms with Crippen LogP contribution in [-0.4, -0.2) is 10.8 Å². The molecule has 22 heavy (non-hydrogen) atoms. The molecular weight excluding hydrogens is 290 g/mol. The smallest absolute Gasteiger partial charge is 0.194 e. The van der Waals surface area contributed by atoms with Crippen molar-refractivity contribution in [3.63, 3.8) is 0 Å². The summed E-state index contributed by atoms with van der Waals surface area (Å²) in [5.74, 6) is 0.934. The van der Waals surface area contributed by atoms with Crippen LogP contribution in [0.4, 0.5) is 0 Å². The summed E-state index contributed by atoms with van der Waals surface area (Å²) in [6.07, 6.45) is 3.26. The summed E-state index contributed by atoms with van der Waals surface area (Å²) in [4.78, 5) is 17.4. The van der Waals surface area contributed by atoms with Crippen LogP contribution < -0.4 is 0 Å². The molecule has 1 heterocycles. The van der Waals surface area contributed by atoms with Crippen LogP contribution in [-0.2, 0) is 5.75 Å². The van der Waals surface area contributed by atoms with E-state index in [-0.39, 0.29) is 5.78 Å². The molecule has 108 valence electrons. The normalized spacial score (nSPS) is 10.4. The number of carbonyl (C=O) groups excluding carboxylic acids is 1. The second-order valence-corrected chi connectivity index (χ2v) is 5.92. The minimum absolute atomic E-state index is 0.00714. The second kappa shape index (κ2) is 7.05. The highest BCUT2D eigenvalue weighted by atomic mass is 32.2. The lowest BCUT2D eigenvalue weighted by Gasteiger charge is -2.04. The first-order valence-corrected chi connectivity index (χ1v) is 8.03. The lowest BCUT2D eigenvalue weighted by atomic mass is 10.1. The van der Waals surface area contributed by atoms with Crippen molar-refractivity contribution in [1.82, 2.24) is 4.98 Å². The van der Waals surface area contributed by atoms with Crippen molar-refractivity contribution in [1.29, 1.82) is 0 Å². The number of thioether (sulfide) groups is 1. The maximum Gasteiger partial charge on any atom is 0.194 e. The molecule has 0 spiro atoms. The number of aromatic nitrogens is 1. The average Bonchev–Trinajstić information content (AvgIpc) is 2.61. The molecule has 0 saturated heterocycles. The molecule has 0 aliphatic carbocycles. The van der Waals surface area contributed by atoms with E-state index >= 15 is 0 Å². The number of hydrogen-bond acceptors (Lipinski definition) is 3. The van der Waals surface area contributed by atoms with Gasteiger partial charge in [-0.1, -0.05) is 30.3 Å². The molecule has 2 nitrogen and oxygen atoms in total. The number of ketones is 1. The summed E-state index contributed by atoms with van der Waals surface area (Å²) in [5, 5.41) is 0. The molecule has 0 N–H and O–H groups in total. The van der Waals surface area contributed by atoms with E-state index in [1.807, 2.05) is 42.5 Å². The molecule has 0 aliphatic heterocycles. The minimum Gasteiger partial charge on any atom is -0.289 e. The van der Waals surface area contributed by atoms with Crippen molar-refractivity contribution >= 4 is 17.5 Å². The fourth-order valence-corrected chi connectivity index (χ4v) is 2.96. The van der Waals surface area contributed by atoms with Gasteiger partial charge in [-0.2, -0.15) is 0 Å². The Morgan fingerprint density at radius 1 is 0.864 bits per heavy atom. The van der Waals surface area contributed by atoms with Crippen molar-refractivity contribution in [3.05, 3.63) is 95.8 Å². The molecule has 3 aromatic rings. The Labute approximate surface area is 134 Å². The number of rotatable bonds is 5. The monoisotopic (exact) mass is 305 g/mol. The molecule has 0 radical (unpaired) electrons. The van der Waals surface area contributed by atoms with Crippen LogP contribution in [0.2, 0.25) is 0 Å². The predicted octanol–water partition coefficient (Wildman–Crippen LogP) is 4.60. The molecule has 1 aromatic heterocycles. The van der Waals surface area contributed by atoms with E-state index in [9.17, 15) is 4.79 Å². The molecule has 0 saturated carbocycles. The molecule has 0 bridgehead atoms. The van der Waals surface area contributed by atoms with E-state index in [0.29, 0.717) is 11.1 Å². The van der Waals surface area contributed by atoms with Gasteiger partial charge in [-0.15, -0.1) is 11.8 Å². The van der Waals surface area contributed by atoms with Crippen molar-refractivity contribution in [2.24, 2.45) is 0 Å². The number of benzene rings is 2. The lowest BCUT2D eigenvalue weighted by Crippen LogP contribution is -2.01. The van der Waals surface area contributed by atoms with Gasteiger partial charge >= 0.3 is 0 Å². The first kappa shape index (κ1) is 14.5. The third kappa shape index (κ3) is 3.62. The van der Waals surface area contributed by atoms with Gasteiger partial charge in [-0.05, 0) is 42.0 Å². The van der Waals surface area contributed by atoms with Crippen LogP contribution in [0.5, 0.6) is 0 Å². The molecule has 0 fully saturated rings. The van der Waals surface area contributed by atoms with Crippen molar-refractivity contribution < 1.29 is 4.79 Å². The Morgan fingerprint density at radius 2 is 1.64 bits per heavy atom. The highest BCUT2D eigenvalue weighted by Crippen LogP contribution is 2.23. The van der Waals surface area contributed by atoms with Gasteiger partial charge in [0, 0.05) is 34.2 Å². The van der Waals surface area contributed by atoms with Gasteiger partial charge in [-0.25, -0.2) is 0 Å². The predicted molar refractivity (Wildman–Crippen MR) is 90.1 cm³/mol. The van der Waals surface area contributed by atoms with Crippen molar-refractivity contribution in [2.45, 2.75) is 10.6 Å². The number of nitrogens with zero attached hydrogens (tertiary/aromatic N) is 1. The Balaban J connectivity index is 1.67. The van der Waals surface area contributed by atoms with Crippen LogP contribution in [0.25, 0.3) is 0 Å². The van der Waals surface area contributed by atoms with Gasteiger partial charge in [0.1, 0.15) is 0 Å². The third-order valence-electron chi connectivity index (χ3n) is 3.29. The van der Waals surface area contributed by atoms with Crippen molar-refractivity contribution in [2.75, 3.05) is 0 Å². The van der Waals surface area contributed by atoms with Crippen LogP contribution in [0.15, 0.2) is 84.0 Å². The fraction of sp³-hybridized carbons (Fsp3) is 0.0526. The van der Waals surface area contributed by atoms with Gasteiger partial charge in [0.15, 0.2) is 5.78 Å². The number of hydrogen-bond donors (Lipinski definition) is 0. The summed E-state index contributed by atoms with van der Waals surface area (Å²) in [6, 6.07) is 21.7. The van der Waals surface area contributed by atoms with Crippen LogP contribution in [0.3, 0.4) is 0 Å². The molecule has 3 heteroatoms. The molecule has 0 amide bonds. The van der Waals surface area contributed by atoms with E-state index in [2.05, 4.69) is 17.1 Å². The Hall–Kier alpha value is -2.39. The molecule has 2 aromatic carbocycles. The zero-order valence-corrected chi connectivity index (χ0v) is 12.8. The lowest BCUT2D eigenvalue weighted by molar-refractivity contribution is 0.103. The van der Waals surface area contributed by atoms with Crippen LogP contribution >= 0.6 is 11.8 Å². The Morgan fingerprint density at radius 3 is 2.32 bits per heavy atom. The molecule has 0 aliphatic rings.